The summed E-state index contributed by atoms with van der Waals surface area (Å²) in [6.45, 7) is 1.21. The van der Waals surface area contributed by atoms with E-state index < -0.39 is 0 Å². The van der Waals surface area contributed by atoms with E-state index in [1.807, 2.05) is 6.07 Å². The summed E-state index contributed by atoms with van der Waals surface area (Å²) in [5.41, 5.74) is 0. The lowest BCUT2D eigenvalue weighted by atomic mass is 10.00. The second kappa shape index (κ2) is 5.46. The molecular weight excluding hydrogens is 226 g/mol. The third kappa shape index (κ3) is 2.62. The van der Waals surface area contributed by atoms with E-state index in [2.05, 4.69) is 15.1 Å². The van der Waals surface area contributed by atoms with Crippen LogP contribution in [0.15, 0.2) is 12.1 Å². The van der Waals surface area contributed by atoms with Gasteiger partial charge in [-0.2, -0.15) is 0 Å². The standard InChI is InChI=1S/C11H16ClN3O/c12-10-4-5-11(14-13-10)15-7-2-1-3-9(15)6-8-16/h4-5,9,16H,1-3,6-8H2/t9-/m1/s1. The van der Waals surface area contributed by atoms with Crippen LogP contribution < -0.4 is 4.90 Å². The van der Waals surface area contributed by atoms with Crippen LogP contribution in [-0.4, -0.2) is 34.5 Å². The van der Waals surface area contributed by atoms with Crippen LogP contribution in [0.3, 0.4) is 0 Å². The maximum Gasteiger partial charge on any atom is 0.151 e. The van der Waals surface area contributed by atoms with Gasteiger partial charge >= 0.3 is 0 Å². The van der Waals surface area contributed by atoms with Crippen LogP contribution in [-0.2, 0) is 0 Å². The Morgan fingerprint density at radius 2 is 2.25 bits per heavy atom. The first-order valence-electron chi connectivity index (χ1n) is 5.68. The number of nitrogens with zero attached hydrogens (tertiary/aromatic N) is 3. The molecule has 0 saturated carbocycles. The zero-order chi connectivity index (χ0) is 11.4. The van der Waals surface area contributed by atoms with Crippen LogP contribution in [0.4, 0.5) is 5.82 Å². The largest absolute Gasteiger partial charge is 0.396 e. The van der Waals surface area contributed by atoms with Gasteiger partial charge in [-0.05, 0) is 37.8 Å². The van der Waals surface area contributed by atoms with Gasteiger partial charge in [0.2, 0.25) is 0 Å². The van der Waals surface area contributed by atoms with E-state index in [4.69, 9.17) is 16.7 Å². The van der Waals surface area contributed by atoms with Crippen molar-refractivity contribution in [3.8, 4) is 0 Å². The van der Waals surface area contributed by atoms with Crippen molar-refractivity contribution < 1.29 is 5.11 Å². The molecule has 1 atom stereocenters. The Morgan fingerprint density at radius 3 is 2.94 bits per heavy atom. The smallest absolute Gasteiger partial charge is 0.151 e. The lowest BCUT2D eigenvalue weighted by molar-refractivity contribution is 0.262. The SMILES string of the molecule is OCC[C@H]1CCCCN1c1ccc(Cl)nn1. The zero-order valence-electron chi connectivity index (χ0n) is 9.14. The van der Waals surface area contributed by atoms with E-state index in [1.165, 1.54) is 12.8 Å². The molecule has 16 heavy (non-hydrogen) atoms. The number of aromatic nitrogens is 2. The van der Waals surface area contributed by atoms with E-state index in [1.54, 1.807) is 6.07 Å². The molecule has 1 aliphatic rings. The summed E-state index contributed by atoms with van der Waals surface area (Å²) >= 11 is 5.72. The molecule has 2 rings (SSSR count). The highest BCUT2D eigenvalue weighted by Gasteiger charge is 2.23. The maximum atomic E-state index is 9.04. The fraction of sp³-hybridized carbons (Fsp3) is 0.636. The van der Waals surface area contributed by atoms with E-state index in [0.717, 1.165) is 25.2 Å². The van der Waals surface area contributed by atoms with Gasteiger partial charge in [-0.25, -0.2) is 0 Å². The quantitative estimate of drug-likeness (QED) is 0.878. The third-order valence-corrected chi connectivity index (χ3v) is 3.20. The van der Waals surface area contributed by atoms with E-state index in [9.17, 15) is 0 Å². The molecule has 0 bridgehead atoms. The zero-order valence-corrected chi connectivity index (χ0v) is 9.90. The highest BCUT2D eigenvalue weighted by molar-refractivity contribution is 6.29. The number of aliphatic hydroxyl groups excluding tert-OH is 1. The van der Waals surface area contributed by atoms with Crippen LogP contribution in [0.5, 0.6) is 0 Å². The molecule has 1 aromatic rings. The van der Waals surface area contributed by atoms with Gasteiger partial charge in [0.15, 0.2) is 11.0 Å². The molecule has 0 aliphatic carbocycles. The molecule has 1 saturated heterocycles. The summed E-state index contributed by atoms with van der Waals surface area (Å²) in [4.78, 5) is 2.23. The van der Waals surface area contributed by atoms with Crippen LogP contribution in [0.25, 0.3) is 0 Å². The predicted octanol–water partition coefficient (Wildman–Crippen LogP) is 1.87. The fourth-order valence-electron chi connectivity index (χ4n) is 2.21. The van der Waals surface area contributed by atoms with E-state index >= 15 is 0 Å². The molecule has 88 valence electrons. The molecule has 0 aromatic carbocycles. The molecule has 1 aliphatic heterocycles. The van der Waals surface area contributed by atoms with Crippen molar-refractivity contribution in [1.82, 2.24) is 10.2 Å². The molecule has 5 heteroatoms. The highest BCUT2D eigenvalue weighted by Crippen LogP contribution is 2.24. The molecule has 1 aromatic heterocycles. The average Bonchev–Trinajstić information content (AvgIpc) is 2.32. The minimum absolute atomic E-state index is 0.224. The van der Waals surface area contributed by atoms with Gasteiger partial charge in [0.05, 0.1) is 0 Å². The average molecular weight is 242 g/mol. The molecule has 2 heterocycles. The Bertz CT molecular complexity index is 329. The Morgan fingerprint density at radius 1 is 1.38 bits per heavy atom. The Hall–Kier alpha value is -0.870. The Kier molecular flexibility index (Phi) is 3.96. The third-order valence-electron chi connectivity index (χ3n) is 3.00. The highest BCUT2D eigenvalue weighted by atomic mass is 35.5. The van der Waals surface area contributed by atoms with Crippen molar-refractivity contribution in [2.45, 2.75) is 31.7 Å². The predicted molar refractivity (Wildman–Crippen MR) is 63.7 cm³/mol. The summed E-state index contributed by atoms with van der Waals surface area (Å²) in [5.74, 6) is 0.863. The van der Waals surface area contributed by atoms with Crippen molar-refractivity contribution in [1.29, 1.82) is 0 Å². The monoisotopic (exact) mass is 241 g/mol. The molecular formula is C11H16ClN3O. The number of piperidine rings is 1. The number of aliphatic hydroxyl groups is 1. The van der Waals surface area contributed by atoms with Crippen LogP contribution in [0.2, 0.25) is 5.15 Å². The van der Waals surface area contributed by atoms with Crippen LogP contribution in [0, 0.1) is 0 Å². The molecule has 0 radical (unpaired) electrons. The number of rotatable bonds is 3. The van der Waals surface area contributed by atoms with Gasteiger partial charge in [-0.3, -0.25) is 0 Å². The molecule has 4 nitrogen and oxygen atoms in total. The van der Waals surface area contributed by atoms with Gasteiger partial charge in [0, 0.05) is 19.2 Å². The summed E-state index contributed by atoms with van der Waals surface area (Å²) in [5, 5.41) is 17.4. The van der Waals surface area contributed by atoms with Gasteiger partial charge in [-0.1, -0.05) is 11.6 Å². The van der Waals surface area contributed by atoms with Crippen LogP contribution in [0.1, 0.15) is 25.7 Å². The van der Waals surface area contributed by atoms with Crippen LogP contribution >= 0.6 is 11.6 Å². The van der Waals surface area contributed by atoms with E-state index in [0.29, 0.717) is 11.2 Å². The van der Waals surface area contributed by atoms with E-state index in [-0.39, 0.29) is 6.61 Å². The summed E-state index contributed by atoms with van der Waals surface area (Å²) in [6, 6.07) is 4.04. The first-order valence-corrected chi connectivity index (χ1v) is 6.06. The normalized spacial score (nSPS) is 21.1. The first kappa shape index (κ1) is 11.6. The minimum atomic E-state index is 0.224. The molecule has 1 N–H and O–H groups in total. The summed E-state index contributed by atoms with van der Waals surface area (Å²) in [6.07, 6.45) is 4.31. The molecule has 0 spiro atoms. The Balaban J connectivity index is 2.13. The van der Waals surface area contributed by atoms with Crippen molar-refractivity contribution in [2.75, 3.05) is 18.1 Å². The van der Waals surface area contributed by atoms with Crippen molar-refractivity contribution in [3.05, 3.63) is 17.3 Å². The fourth-order valence-corrected chi connectivity index (χ4v) is 2.31. The number of anilines is 1. The number of hydrogen-bond acceptors (Lipinski definition) is 4. The number of hydrogen-bond donors (Lipinski definition) is 1. The second-order valence-corrected chi connectivity index (χ2v) is 4.46. The van der Waals surface area contributed by atoms with Crippen molar-refractivity contribution in [3.63, 3.8) is 0 Å². The second-order valence-electron chi connectivity index (χ2n) is 4.07. The first-order chi connectivity index (χ1) is 7.81. The minimum Gasteiger partial charge on any atom is -0.396 e. The number of halogens is 1. The van der Waals surface area contributed by atoms with Gasteiger partial charge in [-0.15, -0.1) is 10.2 Å². The molecule has 1 fully saturated rings. The lowest BCUT2D eigenvalue weighted by Gasteiger charge is -2.36. The van der Waals surface area contributed by atoms with Gasteiger partial charge in [0.1, 0.15) is 0 Å². The lowest BCUT2D eigenvalue weighted by Crippen LogP contribution is -2.40. The van der Waals surface area contributed by atoms with Crippen molar-refractivity contribution in [2.24, 2.45) is 0 Å². The topological polar surface area (TPSA) is 49.2 Å². The maximum absolute atomic E-state index is 9.04. The van der Waals surface area contributed by atoms with Gasteiger partial charge in [0.25, 0.3) is 0 Å². The molecule has 0 unspecified atom stereocenters. The van der Waals surface area contributed by atoms with Gasteiger partial charge < -0.3 is 10.0 Å². The van der Waals surface area contributed by atoms with Crippen molar-refractivity contribution >= 4 is 17.4 Å². The summed E-state index contributed by atoms with van der Waals surface area (Å²) < 4.78 is 0. The summed E-state index contributed by atoms with van der Waals surface area (Å²) in [7, 11) is 0. The molecule has 0 amide bonds. The Labute approximate surface area is 100 Å².